The molecule has 1 aromatic carbocycles. The summed E-state index contributed by atoms with van der Waals surface area (Å²) in [6.07, 6.45) is 8.13. The number of anilines is 2. The Morgan fingerprint density at radius 2 is 1.98 bits per heavy atom. The number of aliphatic hydroxyl groups is 1. The molecule has 5 rings (SSSR count). The second-order valence-electron chi connectivity index (χ2n) is 13.3. The first-order valence-corrected chi connectivity index (χ1v) is 19.0. The molecule has 3 aliphatic heterocycles. The summed E-state index contributed by atoms with van der Waals surface area (Å²) in [6.45, 7) is 13.7. The number of aryl methyl sites for hydroxylation is 1. The van der Waals surface area contributed by atoms with Crippen LogP contribution >= 0.6 is 0 Å². The molecular weight excluding hydrogens is 590 g/mol. The number of amides is 2. The minimum atomic E-state index is -2.85. The number of aromatic nitrogens is 3. The van der Waals surface area contributed by atoms with Gasteiger partial charge in [-0.05, 0) is 71.3 Å². The molecule has 1 aromatic heterocycles. The van der Waals surface area contributed by atoms with Crippen molar-refractivity contribution >= 4 is 31.7 Å². The summed E-state index contributed by atoms with van der Waals surface area (Å²) in [5.41, 5.74) is 3.79. The molecule has 0 bridgehead atoms. The first kappa shape index (κ1) is 33.1. The second-order valence-corrected chi connectivity index (χ2v) is 17.3. The van der Waals surface area contributed by atoms with Gasteiger partial charge in [-0.3, -0.25) is 14.4 Å². The number of rotatable bonds is 12. The summed E-state index contributed by atoms with van der Waals surface area (Å²) in [5.74, 6) is -0.467. The largest absolute Gasteiger partial charge is 0.447 e. The molecule has 45 heavy (non-hydrogen) atoms. The van der Waals surface area contributed by atoms with Crippen LogP contribution in [0.3, 0.4) is 0 Å². The molecule has 4 atom stereocenters. The number of ether oxygens (including phenoxy) is 2. The lowest BCUT2D eigenvalue weighted by Gasteiger charge is -2.32. The highest BCUT2D eigenvalue weighted by Crippen LogP contribution is 2.60. The Bertz CT molecular complexity index is 1480. The lowest BCUT2D eigenvalue weighted by molar-refractivity contribution is -0.145. The Morgan fingerprint density at radius 1 is 1.20 bits per heavy atom. The molecule has 0 radical (unpaired) electrons. The molecule has 1 spiro atoms. The molecule has 11 nitrogen and oxygen atoms in total. The van der Waals surface area contributed by atoms with Crippen LogP contribution in [0.25, 0.3) is 0 Å². The van der Waals surface area contributed by atoms with Gasteiger partial charge in [0.2, 0.25) is 0 Å². The van der Waals surface area contributed by atoms with Gasteiger partial charge < -0.3 is 24.3 Å². The van der Waals surface area contributed by atoms with Crippen molar-refractivity contribution in [3.63, 3.8) is 0 Å². The zero-order chi connectivity index (χ0) is 32.5. The Balaban J connectivity index is 1.51. The number of aliphatic hydroxyl groups excluding tert-OH is 1. The predicted octanol–water partition coefficient (Wildman–Crippen LogP) is 4.70. The van der Waals surface area contributed by atoms with Gasteiger partial charge in [0.05, 0.1) is 24.0 Å². The molecule has 2 fully saturated rings. The molecule has 0 saturated carbocycles. The number of carbonyl (C=O) groups excluding carboxylic acids is 2. The van der Waals surface area contributed by atoms with Crippen molar-refractivity contribution in [1.29, 1.82) is 0 Å². The maximum atomic E-state index is 14.7. The SMILES string of the molecule is CC(C)=CCC/C(C)=C/CN1C(=O)[C@]2(O[C@H](CCn3cc(CCO)nn3)[C@@H]([Si](C)(C)O)[C@@H]2C)c2cc(N3CCOC3=O)ccc21. The zero-order valence-corrected chi connectivity index (χ0v) is 28.3. The molecule has 0 aliphatic carbocycles. The van der Waals surface area contributed by atoms with Crippen LogP contribution in [0.5, 0.6) is 0 Å². The third-order valence-electron chi connectivity index (χ3n) is 9.35. The molecule has 2 amide bonds. The van der Waals surface area contributed by atoms with Crippen LogP contribution in [0.1, 0.15) is 58.2 Å². The van der Waals surface area contributed by atoms with E-state index in [1.165, 1.54) is 11.1 Å². The summed E-state index contributed by atoms with van der Waals surface area (Å²) in [6, 6.07) is 5.68. The highest BCUT2D eigenvalue weighted by atomic mass is 28.4. The molecule has 3 aliphatic rings. The third-order valence-corrected chi connectivity index (χ3v) is 11.9. The fourth-order valence-corrected chi connectivity index (χ4v) is 9.79. The van der Waals surface area contributed by atoms with Gasteiger partial charge in [0.15, 0.2) is 13.9 Å². The lowest BCUT2D eigenvalue weighted by atomic mass is 9.82. The first-order chi connectivity index (χ1) is 21.4. The Morgan fingerprint density at radius 3 is 2.64 bits per heavy atom. The minimum Gasteiger partial charge on any atom is -0.447 e. The summed E-state index contributed by atoms with van der Waals surface area (Å²) in [4.78, 5) is 42.2. The average molecular weight is 638 g/mol. The third kappa shape index (κ3) is 6.51. The normalized spacial score (nSPS) is 25.0. The summed E-state index contributed by atoms with van der Waals surface area (Å²) in [7, 11) is -2.85. The van der Waals surface area contributed by atoms with E-state index in [1.807, 2.05) is 44.4 Å². The monoisotopic (exact) mass is 637 g/mol. The van der Waals surface area contributed by atoms with E-state index in [9.17, 15) is 19.5 Å². The maximum absolute atomic E-state index is 14.7. The average Bonchev–Trinajstić information content (AvgIpc) is 3.73. The van der Waals surface area contributed by atoms with E-state index >= 15 is 0 Å². The molecule has 12 heteroatoms. The standard InChI is InChI=1S/C33H47N5O6Si/c1-22(2)8-7-9-23(3)12-16-38-28-11-10-26(37-17-19-43-32(37)41)20-27(28)33(31(38)40)24(4)30(45(5,6)42)29(44-33)13-15-36-21-25(14-18-39)34-35-36/h8,10-12,20-21,24,29-30,39,42H,7,9,13-19H2,1-6H3/b23-12+/t24-,29+,30-,33+/m0/s1. The quantitative estimate of drug-likeness (QED) is 0.253. The van der Waals surface area contributed by atoms with Crippen molar-refractivity contribution in [2.45, 2.75) is 90.3 Å². The molecule has 4 heterocycles. The molecule has 2 aromatic rings. The highest BCUT2D eigenvalue weighted by Gasteiger charge is 2.66. The number of nitrogens with zero attached hydrogens (tertiary/aromatic N) is 5. The lowest BCUT2D eigenvalue weighted by Crippen LogP contribution is -2.46. The summed E-state index contributed by atoms with van der Waals surface area (Å²) >= 11 is 0. The number of cyclic esters (lactones) is 1. The Kier molecular flexibility index (Phi) is 9.69. The summed E-state index contributed by atoms with van der Waals surface area (Å²) in [5, 5.41) is 17.6. The van der Waals surface area contributed by atoms with E-state index in [4.69, 9.17) is 9.47 Å². The number of fused-ring (bicyclic) bond motifs is 2. The predicted molar refractivity (Wildman–Crippen MR) is 175 cm³/mol. The van der Waals surface area contributed by atoms with Gasteiger partial charge in [-0.1, -0.05) is 35.4 Å². The number of hydrogen-bond acceptors (Lipinski definition) is 8. The number of hydrogen-bond donors (Lipinski definition) is 2. The van der Waals surface area contributed by atoms with Crippen LogP contribution in [0.4, 0.5) is 16.2 Å². The molecule has 2 N–H and O–H groups in total. The van der Waals surface area contributed by atoms with Gasteiger partial charge in [-0.25, -0.2) is 4.79 Å². The van der Waals surface area contributed by atoms with Crippen LogP contribution in [-0.2, 0) is 32.8 Å². The highest BCUT2D eigenvalue weighted by molar-refractivity contribution is 6.71. The molecule has 2 saturated heterocycles. The maximum Gasteiger partial charge on any atom is 0.414 e. The van der Waals surface area contributed by atoms with E-state index < -0.39 is 26.1 Å². The van der Waals surface area contributed by atoms with E-state index in [0.29, 0.717) is 50.5 Å². The van der Waals surface area contributed by atoms with Crippen molar-refractivity contribution < 1.29 is 29.0 Å². The van der Waals surface area contributed by atoms with E-state index in [0.717, 1.165) is 24.1 Å². The van der Waals surface area contributed by atoms with Crippen molar-refractivity contribution in [2.75, 3.05) is 36.1 Å². The number of benzene rings is 1. The fourth-order valence-electron chi connectivity index (χ4n) is 7.19. The Labute approximate surface area is 266 Å². The fraction of sp³-hybridized carbons (Fsp3) is 0.576. The van der Waals surface area contributed by atoms with Crippen LogP contribution in [0.2, 0.25) is 18.6 Å². The van der Waals surface area contributed by atoms with Crippen molar-refractivity contribution in [2.24, 2.45) is 5.92 Å². The number of carbonyl (C=O) groups is 2. The minimum absolute atomic E-state index is 0.00380. The van der Waals surface area contributed by atoms with Crippen molar-refractivity contribution in [3.8, 4) is 0 Å². The molecule has 0 unspecified atom stereocenters. The molecule has 244 valence electrons. The Hall–Kier alpha value is -3.32. The number of allylic oxidation sites excluding steroid dienone is 3. The van der Waals surface area contributed by atoms with Crippen LogP contribution in [0.15, 0.2) is 47.7 Å². The smallest absolute Gasteiger partial charge is 0.414 e. The van der Waals surface area contributed by atoms with Gasteiger partial charge in [0, 0.05) is 55.0 Å². The van der Waals surface area contributed by atoms with E-state index in [1.54, 1.807) is 14.5 Å². The summed E-state index contributed by atoms with van der Waals surface area (Å²) < 4.78 is 13.9. The van der Waals surface area contributed by atoms with Gasteiger partial charge in [0.1, 0.15) is 6.61 Å². The van der Waals surface area contributed by atoms with Crippen LogP contribution in [0, 0.1) is 5.92 Å². The van der Waals surface area contributed by atoms with Crippen molar-refractivity contribution in [3.05, 3.63) is 59.0 Å². The second kappa shape index (κ2) is 13.2. The van der Waals surface area contributed by atoms with Gasteiger partial charge >= 0.3 is 6.09 Å². The first-order valence-electron chi connectivity index (χ1n) is 16.0. The van der Waals surface area contributed by atoms with Crippen molar-refractivity contribution in [1.82, 2.24) is 15.0 Å². The topological polar surface area (TPSA) is 130 Å². The van der Waals surface area contributed by atoms with Gasteiger partial charge in [0.25, 0.3) is 5.91 Å². The van der Waals surface area contributed by atoms with Gasteiger partial charge in [-0.2, -0.15) is 0 Å². The van der Waals surface area contributed by atoms with E-state index in [-0.39, 0.29) is 24.0 Å². The van der Waals surface area contributed by atoms with Gasteiger partial charge in [-0.15, -0.1) is 5.10 Å². The van der Waals surface area contributed by atoms with Crippen LogP contribution < -0.4 is 9.80 Å². The zero-order valence-electron chi connectivity index (χ0n) is 27.3. The van der Waals surface area contributed by atoms with Crippen LogP contribution in [-0.4, -0.2) is 77.6 Å². The van der Waals surface area contributed by atoms with E-state index in [2.05, 4.69) is 43.2 Å². The molecular formula is C33H47N5O6Si.